The van der Waals surface area contributed by atoms with Crippen LogP contribution in [0.5, 0.6) is 5.75 Å². The average Bonchev–Trinajstić information content (AvgIpc) is 3.20. The fourth-order valence-electron chi connectivity index (χ4n) is 2.13. The van der Waals surface area contributed by atoms with Gasteiger partial charge in [0.05, 0.1) is 5.69 Å². The second kappa shape index (κ2) is 4.71. The third kappa shape index (κ3) is 2.33. The molecule has 1 heterocycles. The number of halogens is 4. The maximum absolute atomic E-state index is 13.7. The van der Waals surface area contributed by atoms with Crippen molar-refractivity contribution >= 4 is 23.4 Å². The number of ether oxygens (including phenoxy) is 1. The lowest BCUT2D eigenvalue weighted by Gasteiger charge is -2.36. The van der Waals surface area contributed by atoms with Crippen molar-refractivity contribution in [2.75, 3.05) is 5.32 Å². The first-order chi connectivity index (χ1) is 10.2. The van der Waals surface area contributed by atoms with E-state index >= 15 is 0 Å². The minimum absolute atomic E-state index is 0.127. The van der Waals surface area contributed by atoms with Gasteiger partial charge in [0.15, 0.2) is 0 Å². The van der Waals surface area contributed by atoms with Crippen molar-refractivity contribution in [3.8, 4) is 17.6 Å². The first-order valence-corrected chi connectivity index (χ1v) is 6.73. The van der Waals surface area contributed by atoms with Crippen molar-refractivity contribution in [1.29, 1.82) is 0 Å². The highest BCUT2D eigenvalue weighted by molar-refractivity contribution is 6.31. The number of alkyl halides is 3. The van der Waals surface area contributed by atoms with Gasteiger partial charge in [-0.3, -0.25) is 5.32 Å². The summed E-state index contributed by atoms with van der Waals surface area (Å²) in [4.78, 5) is 11.5. The van der Waals surface area contributed by atoms with Crippen LogP contribution in [0.15, 0.2) is 12.1 Å². The van der Waals surface area contributed by atoms with Gasteiger partial charge < -0.3 is 9.84 Å². The molecule has 0 saturated heterocycles. The van der Waals surface area contributed by atoms with Gasteiger partial charge in [0.2, 0.25) is 0 Å². The van der Waals surface area contributed by atoms with Crippen LogP contribution in [0.1, 0.15) is 18.4 Å². The van der Waals surface area contributed by atoms with Crippen LogP contribution in [0.4, 0.5) is 23.7 Å². The van der Waals surface area contributed by atoms with Gasteiger partial charge in [-0.25, -0.2) is 4.79 Å². The van der Waals surface area contributed by atoms with Crippen LogP contribution in [-0.4, -0.2) is 17.4 Å². The average molecular weight is 332 g/mol. The molecule has 1 fully saturated rings. The van der Waals surface area contributed by atoms with Gasteiger partial charge in [0.1, 0.15) is 5.75 Å². The van der Waals surface area contributed by atoms with Gasteiger partial charge in [0.25, 0.3) is 5.60 Å². The summed E-state index contributed by atoms with van der Waals surface area (Å²) < 4.78 is 45.5. The molecule has 0 spiro atoms. The molecule has 1 aliphatic heterocycles. The molecule has 0 aromatic heterocycles. The Labute approximate surface area is 128 Å². The highest BCUT2D eigenvalue weighted by atomic mass is 35.5. The van der Waals surface area contributed by atoms with Crippen molar-refractivity contribution in [2.45, 2.75) is 24.6 Å². The number of benzene rings is 1. The van der Waals surface area contributed by atoms with Crippen LogP contribution >= 0.6 is 11.6 Å². The van der Waals surface area contributed by atoms with E-state index in [9.17, 15) is 23.1 Å². The minimum Gasteiger partial charge on any atom is -0.506 e. The van der Waals surface area contributed by atoms with Gasteiger partial charge in [-0.1, -0.05) is 17.5 Å². The molecule has 1 saturated carbocycles. The van der Waals surface area contributed by atoms with Crippen LogP contribution in [0.3, 0.4) is 0 Å². The van der Waals surface area contributed by atoms with E-state index in [-0.39, 0.29) is 10.9 Å². The van der Waals surface area contributed by atoms with E-state index in [4.69, 9.17) is 11.6 Å². The lowest BCUT2D eigenvalue weighted by atomic mass is 9.90. The zero-order valence-electron chi connectivity index (χ0n) is 10.9. The standard InChI is InChI=1S/C14H9ClF3NO3/c15-8-5-9-11(10(20)6-8)19-12(21)22-13(9,14(16,17)18)4-3-7-1-2-7/h5-7,20H,1-2H2,(H,19,21)/t13-/m1/s1. The number of anilines is 1. The minimum atomic E-state index is -4.99. The zero-order chi connectivity index (χ0) is 16.1. The Morgan fingerprint density at radius 2 is 2.09 bits per heavy atom. The van der Waals surface area contributed by atoms with Gasteiger partial charge in [-0.05, 0) is 24.8 Å². The maximum Gasteiger partial charge on any atom is 0.445 e. The number of rotatable bonds is 0. The molecule has 1 amide bonds. The first-order valence-electron chi connectivity index (χ1n) is 6.35. The molecule has 0 bridgehead atoms. The molecule has 2 N–H and O–H groups in total. The van der Waals surface area contributed by atoms with E-state index in [1.165, 1.54) is 0 Å². The van der Waals surface area contributed by atoms with Crippen LogP contribution in [0.25, 0.3) is 0 Å². The largest absolute Gasteiger partial charge is 0.506 e. The number of fused-ring (bicyclic) bond motifs is 1. The van der Waals surface area contributed by atoms with Gasteiger partial charge >= 0.3 is 12.3 Å². The van der Waals surface area contributed by atoms with E-state index < -0.39 is 34.9 Å². The number of phenols is 1. The third-order valence-electron chi connectivity index (χ3n) is 3.36. The summed E-state index contributed by atoms with van der Waals surface area (Å²) in [6.45, 7) is 0. The van der Waals surface area contributed by atoms with Gasteiger partial charge in [-0.15, -0.1) is 0 Å². The van der Waals surface area contributed by atoms with Crippen LogP contribution in [0.2, 0.25) is 5.02 Å². The molecule has 2 aliphatic rings. The number of aromatic hydroxyl groups is 1. The van der Waals surface area contributed by atoms with Crippen LogP contribution in [0, 0.1) is 17.8 Å². The van der Waals surface area contributed by atoms with Crippen molar-refractivity contribution < 1.29 is 27.8 Å². The Morgan fingerprint density at radius 1 is 1.41 bits per heavy atom. The normalized spacial score (nSPS) is 23.7. The number of carbonyl (C=O) groups excluding carboxylic acids is 1. The maximum atomic E-state index is 13.7. The second-order valence-corrected chi connectivity index (χ2v) is 5.52. The van der Waals surface area contributed by atoms with E-state index in [0.717, 1.165) is 12.1 Å². The molecule has 1 aromatic carbocycles. The number of nitrogens with one attached hydrogen (secondary N) is 1. The molecule has 8 heteroatoms. The molecule has 0 radical (unpaired) electrons. The molecular formula is C14H9ClF3NO3. The molecule has 4 nitrogen and oxygen atoms in total. The Morgan fingerprint density at radius 3 is 2.68 bits per heavy atom. The first kappa shape index (κ1) is 14.9. The fraction of sp³-hybridized carbons (Fsp3) is 0.357. The van der Waals surface area contributed by atoms with E-state index in [1.807, 2.05) is 5.32 Å². The summed E-state index contributed by atoms with van der Waals surface area (Å²) in [6.07, 6.45) is -4.91. The Bertz CT molecular complexity index is 719. The summed E-state index contributed by atoms with van der Waals surface area (Å²) in [5, 5.41) is 11.7. The van der Waals surface area contributed by atoms with Crippen LogP contribution < -0.4 is 5.32 Å². The number of cyclic esters (lactones) is 1. The monoisotopic (exact) mass is 331 g/mol. The smallest absolute Gasteiger partial charge is 0.445 e. The summed E-state index contributed by atoms with van der Waals surface area (Å²) in [6, 6.07) is 2.01. The van der Waals surface area contributed by atoms with Crippen molar-refractivity contribution in [2.24, 2.45) is 5.92 Å². The molecule has 1 atom stereocenters. The SMILES string of the molecule is O=C1Nc2c(O)cc(Cl)cc2[C@](C#CC2CC2)(C(F)(F)F)O1. The van der Waals surface area contributed by atoms with Gasteiger partial charge in [0, 0.05) is 22.6 Å². The lowest BCUT2D eigenvalue weighted by Crippen LogP contribution is -2.49. The second-order valence-electron chi connectivity index (χ2n) is 5.08. The number of hydrogen-bond donors (Lipinski definition) is 2. The van der Waals surface area contributed by atoms with Crippen molar-refractivity contribution in [3.05, 3.63) is 22.7 Å². The summed E-state index contributed by atoms with van der Waals surface area (Å²) in [5.74, 6) is 3.81. The van der Waals surface area contributed by atoms with Crippen molar-refractivity contribution in [3.63, 3.8) is 0 Å². The zero-order valence-corrected chi connectivity index (χ0v) is 11.7. The Balaban J connectivity index is 2.27. The number of phenolic OH excluding ortho intramolecular Hbond substituents is 1. The third-order valence-corrected chi connectivity index (χ3v) is 3.58. The molecule has 1 aliphatic carbocycles. The highest BCUT2D eigenvalue weighted by Crippen LogP contribution is 2.50. The topological polar surface area (TPSA) is 58.6 Å². The summed E-state index contributed by atoms with van der Waals surface area (Å²) >= 11 is 5.73. The van der Waals surface area contributed by atoms with E-state index in [1.54, 1.807) is 0 Å². The number of amides is 1. The number of carbonyl (C=O) groups is 1. The molecular weight excluding hydrogens is 323 g/mol. The van der Waals surface area contributed by atoms with E-state index in [0.29, 0.717) is 12.8 Å². The quantitative estimate of drug-likeness (QED) is 0.562. The Hall–Kier alpha value is -2.07. The highest BCUT2D eigenvalue weighted by Gasteiger charge is 2.62. The van der Waals surface area contributed by atoms with Crippen LogP contribution in [-0.2, 0) is 10.3 Å². The lowest BCUT2D eigenvalue weighted by molar-refractivity contribution is -0.239. The molecule has 0 unspecified atom stereocenters. The molecule has 22 heavy (non-hydrogen) atoms. The summed E-state index contributed by atoms with van der Waals surface area (Å²) in [7, 11) is 0. The molecule has 3 rings (SSSR count). The molecule has 116 valence electrons. The Kier molecular flexibility index (Phi) is 3.18. The number of hydrogen-bond acceptors (Lipinski definition) is 3. The van der Waals surface area contributed by atoms with E-state index in [2.05, 4.69) is 16.6 Å². The molecule has 1 aromatic rings. The predicted octanol–water partition coefficient (Wildman–Crippen LogP) is 3.78. The predicted molar refractivity (Wildman–Crippen MR) is 71.5 cm³/mol. The van der Waals surface area contributed by atoms with Gasteiger partial charge in [-0.2, -0.15) is 13.2 Å². The fourth-order valence-corrected chi connectivity index (χ4v) is 2.34. The summed E-state index contributed by atoms with van der Waals surface area (Å²) in [5.41, 5.74) is -4.07. The van der Waals surface area contributed by atoms with Crippen molar-refractivity contribution in [1.82, 2.24) is 0 Å².